The minimum Gasteiger partial charge on any atom is -0.508 e. The van der Waals surface area contributed by atoms with Crippen LogP contribution in [-0.4, -0.2) is 11.0 Å². The summed E-state index contributed by atoms with van der Waals surface area (Å²) in [5, 5.41) is 14.7. The molecule has 0 bridgehead atoms. The van der Waals surface area contributed by atoms with Gasteiger partial charge in [0, 0.05) is 16.6 Å². The molecule has 4 heteroatoms. The van der Waals surface area contributed by atoms with Crippen LogP contribution in [0.1, 0.15) is 34.8 Å². The van der Waals surface area contributed by atoms with Crippen LogP contribution in [-0.2, 0) is 11.2 Å². The van der Waals surface area contributed by atoms with Gasteiger partial charge in [-0.2, -0.15) is 0 Å². The molecule has 0 saturated carbocycles. The van der Waals surface area contributed by atoms with Crippen molar-refractivity contribution in [2.45, 2.75) is 32.1 Å². The SMILES string of the molecule is Cc1ccc(NC(=O)C2CCCc3sccc32)cc1O. The predicted molar refractivity (Wildman–Crippen MR) is 81.5 cm³/mol. The molecule has 1 aromatic heterocycles. The average molecular weight is 287 g/mol. The molecule has 1 aliphatic rings. The van der Waals surface area contributed by atoms with Crippen molar-refractivity contribution in [3.05, 3.63) is 45.6 Å². The average Bonchev–Trinajstić information content (AvgIpc) is 2.91. The topological polar surface area (TPSA) is 49.3 Å². The number of hydrogen-bond donors (Lipinski definition) is 2. The normalized spacial score (nSPS) is 17.6. The van der Waals surface area contributed by atoms with Crippen LogP contribution in [0.4, 0.5) is 5.69 Å². The Morgan fingerprint density at radius 1 is 1.40 bits per heavy atom. The monoisotopic (exact) mass is 287 g/mol. The van der Waals surface area contributed by atoms with Gasteiger partial charge < -0.3 is 10.4 Å². The van der Waals surface area contributed by atoms with Crippen LogP contribution >= 0.6 is 11.3 Å². The molecular weight excluding hydrogens is 270 g/mol. The zero-order valence-corrected chi connectivity index (χ0v) is 12.2. The van der Waals surface area contributed by atoms with Gasteiger partial charge in [-0.05, 0) is 54.8 Å². The Morgan fingerprint density at radius 3 is 3.05 bits per heavy atom. The Hall–Kier alpha value is -1.81. The molecule has 1 amide bonds. The number of anilines is 1. The molecule has 0 fully saturated rings. The molecule has 0 radical (unpaired) electrons. The van der Waals surface area contributed by atoms with E-state index in [9.17, 15) is 9.90 Å². The van der Waals surface area contributed by atoms with Crippen LogP contribution in [0, 0.1) is 6.92 Å². The van der Waals surface area contributed by atoms with E-state index in [1.165, 1.54) is 10.4 Å². The summed E-state index contributed by atoms with van der Waals surface area (Å²) in [6.45, 7) is 1.83. The molecule has 1 aliphatic carbocycles. The Morgan fingerprint density at radius 2 is 2.25 bits per heavy atom. The maximum atomic E-state index is 12.4. The van der Waals surface area contributed by atoms with Crippen LogP contribution in [0.25, 0.3) is 0 Å². The highest BCUT2D eigenvalue weighted by atomic mass is 32.1. The first-order valence-corrected chi connectivity index (χ1v) is 7.70. The predicted octanol–water partition coefficient (Wildman–Crippen LogP) is 3.82. The minimum atomic E-state index is -0.0616. The van der Waals surface area contributed by atoms with E-state index in [1.54, 1.807) is 17.4 Å². The second kappa shape index (κ2) is 5.29. The number of hydrogen-bond acceptors (Lipinski definition) is 3. The molecule has 3 rings (SSSR count). The highest BCUT2D eigenvalue weighted by Crippen LogP contribution is 2.35. The van der Waals surface area contributed by atoms with E-state index in [4.69, 9.17) is 0 Å². The second-order valence-corrected chi connectivity index (χ2v) is 6.24. The fourth-order valence-corrected chi connectivity index (χ4v) is 3.66. The standard InChI is InChI=1S/C16H17NO2S/c1-10-5-6-11(9-14(10)18)17-16(19)13-3-2-4-15-12(13)7-8-20-15/h5-9,13,18H,2-4H2,1H3,(H,17,19). The molecule has 3 nitrogen and oxygen atoms in total. The molecule has 2 aromatic rings. The van der Waals surface area contributed by atoms with Crippen molar-refractivity contribution in [1.82, 2.24) is 0 Å². The maximum absolute atomic E-state index is 12.4. The summed E-state index contributed by atoms with van der Waals surface area (Å²) in [5.74, 6) is 0.170. The molecule has 0 spiro atoms. The molecule has 1 aromatic carbocycles. The third-order valence-electron chi connectivity index (χ3n) is 3.85. The molecule has 0 aliphatic heterocycles. The van der Waals surface area contributed by atoms with E-state index in [-0.39, 0.29) is 17.6 Å². The van der Waals surface area contributed by atoms with Gasteiger partial charge in [0.1, 0.15) is 5.75 Å². The van der Waals surface area contributed by atoms with Crippen LogP contribution in [0.3, 0.4) is 0 Å². The molecular formula is C16H17NO2S. The summed E-state index contributed by atoms with van der Waals surface area (Å²) >= 11 is 1.74. The van der Waals surface area contributed by atoms with E-state index < -0.39 is 0 Å². The van der Waals surface area contributed by atoms with Gasteiger partial charge in [-0.1, -0.05) is 6.07 Å². The van der Waals surface area contributed by atoms with Crippen LogP contribution in [0.2, 0.25) is 0 Å². The van der Waals surface area contributed by atoms with Gasteiger partial charge in [0.05, 0.1) is 5.92 Å². The van der Waals surface area contributed by atoms with Crippen molar-refractivity contribution < 1.29 is 9.90 Å². The Labute approximate surface area is 122 Å². The number of fused-ring (bicyclic) bond motifs is 1. The lowest BCUT2D eigenvalue weighted by atomic mass is 9.87. The molecule has 2 N–H and O–H groups in total. The van der Waals surface area contributed by atoms with Crippen molar-refractivity contribution >= 4 is 22.9 Å². The van der Waals surface area contributed by atoms with Gasteiger partial charge in [0.15, 0.2) is 0 Å². The van der Waals surface area contributed by atoms with Crippen LogP contribution in [0.15, 0.2) is 29.6 Å². The van der Waals surface area contributed by atoms with E-state index in [1.807, 2.05) is 19.1 Å². The summed E-state index contributed by atoms with van der Waals surface area (Å²) in [6, 6.07) is 7.30. The number of aryl methyl sites for hydroxylation is 2. The van der Waals surface area contributed by atoms with E-state index in [0.717, 1.165) is 24.8 Å². The molecule has 1 unspecified atom stereocenters. The van der Waals surface area contributed by atoms with Gasteiger partial charge in [-0.15, -0.1) is 11.3 Å². The van der Waals surface area contributed by atoms with E-state index >= 15 is 0 Å². The number of carbonyl (C=O) groups excluding carboxylic acids is 1. The maximum Gasteiger partial charge on any atom is 0.231 e. The van der Waals surface area contributed by atoms with Gasteiger partial charge >= 0.3 is 0 Å². The lowest BCUT2D eigenvalue weighted by molar-refractivity contribution is -0.117. The van der Waals surface area contributed by atoms with Crippen molar-refractivity contribution in [3.8, 4) is 5.75 Å². The Kier molecular flexibility index (Phi) is 3.49. The molecule has 1 atom stereocenters. The lowest BCUT2D eigenvalue weighted by Gasteiger charge is -2.22. The number of carbonyl (C=O) groups is 1. The summed E-state index contributed by atoms with van der Waals surface area (Å²) in [6.07, 6.45) is 3.04. The zero-order chi connectivity index (χ0) is 14.1. The number of aromatic hydroxyl groups is 1. The quantitative estimate of drug-likeness (QED) is 0.882. The van der Waals surface area contributed by atoms with Gasteiger partial charge in [-0.3, -0.25) is 4.79 Å². The van der Waals surface area contributed by atoms with Crippen LogP contribution in [0.5, 0.6) is 5.75 Å². The largest absolute Gasteiger partial charge is 0.508 e. The van der Waals surface area contributed by atoms with Gasteiger partial charge in [0.2, 0.25) is 5.91 Å². The smallest absolute Gasteiger partial charge is 0.231 e. The third-order valence-corrected chi connectivity index (χ3v) is 4.84. The molecule has 20 heavy (non-hydrogen) atoms. The fraction of sp³-hybridized carbons (Fsp3) is 0.312. The number of phenolic OH excluding ortho intramolecular Hbond substituents is 1. The van der Waals surface area contributed by atoms with Crippen LogP contribution < -0.4 is 5.32 Å². The second-order valence-electron chi connectivity index (χ2n) is 5.23. The van der Waals surface area contributed by atoms with Crippen molar-refractivity contribution in [2.24, 2.45) is 0 Å². The fourth-order valence-electron chi connectivity index (χ4n) is 2.68. The summed E-state index contributed by atoms with van der Waals surface area (Å²) < 4.78 is 0. The lowest BCUT2D eigenvalue weighted by Crippen LogP contribution is -2.23. The first kappa shape index (κ1) is 13.2. The first-order valence-electron chi connectivity index (χ1n) is 6.82. The number of nitrogens with one attached hydrogen (secondary N) is 1. The minimum absolute atomic E-state index is 0.0209. The summed E-state index contributed by atoms with van der Waals surface area (Å²) in [4.78, 5) is 13.8. The van der Waals surface area contributed by atoms with E-state index in [2.05, 4.69) is 16.8 Å². The molecule has 0 saturated heterocycles. The Balaban J connectivity index is 1.79. The third kappa shape index (κ3) is 2.43. The number of rotatable bonds is 2. The summed E-state index contributed by atoms with van der Waals surface area (Å²) in [7, 11) is 0. The Bertz CT molecular complexity index is 648. The highest BCUT2D eigenvalue weighted by molar-refractivity contribution is 7.10. The van der Waals surface area contributed by atoms with Crippen molar-refractivity contribution in [1.29, 1.82) is 0 Å². The van der Waals surface area contributed by atoms with E-state index in [0.29, 0.717) is 5.69 Å². The molecule has 104 valence electrons. The number of amides is 1. The number of phenols is 1. The number of thiophene rings is 1. The van der Waals surface area contributed by atoms with Crippen molar-refractivity contribution in [3.63, 3.8) is 0 Å². The zero-order valence-electron chi connectivity index (χ0n) is 11.3. The summed E-state index contributed by atoms with van der Waals surface area (Å²) in [5.41, 5.74) is 2.64. The van der Waals surface area contributed by atoms with Gasteiger partial charge in [-0.25, -0.2) is 0 Å². The highest BCUT2D eigenvalue weighted by Gasteiger charge is 2.27. The first-order chi connectivity index (χ1) is 9.65. The van der Waals surface area contributed by atoms with Gasteiger partial charge in [0.25, 0.3) is 0 Å². The molecule has 1 heterocycles. The van der Waals surface area contributed by atoms with Crippen molar-refractivity contribution in [2.75, 3.05) is 5.32 Å². The number of benzene rings is 1.